The van der Waals surface area contributed by atoms with E-state index in [1.807, 2.05) is 6.07 Å². The Morgan fingerprint density at radius 2 is 1.21 bits per heavy atom. The molecule has 0 saturated heterocycles. The molecule has 0 amide bonds. The minimum atomic E-state index is 0. The molecule has 223 valence electrons. The number of aromatic nitrogens is 2. The first-order chi connectivity index (χ1) is 22.7. The fourth-order valence-electron chi connectivity index (χ4n) is 6.95. The summed E-state index contributed by atoms with van der Waals surface area (Å²) < 4.78 is 4.92. The van der Waals surface area contributed by atoms with Gasteiger partial charge in [0, 0.05) is 80.4 Å². The molecule has 0 spiro atoms. The molecule has 0 saturated carbocycles. The minimum Gasteiger partial charge on any atom is -0.780 e. The number of fused-ring (bicyclic) bond motifs is 11. The van der Waals surface area contributed by atoms with Crippen molar-refractivity contribution in [1.29, 1.82) is 0 Å². The normalized spacial score (nSPS) is 11.4. The quantitative estimate of drug-likeness (QED) is 0.178. The van der Waals surface area contributed by atoms with Crippen molar-refractivity contribution in [3.05, 3.63) is 145 Å². The van der Waals surface area contributed by atoms with Crippen LogP contribution >= 0.6 is 11.3 Å². The molecule has 10 rings (SSSR count). The molecule has 0 aliphatic carbocycles. The van der Waals surface area contributed by atoms with E-state index >= 15 is 0 Å². The molecule has 0 atom stereocenters. The molecule has 0 bridgehead atoms. The Bertz CT molecular complexity index is 2720. The van der Waals surface area contributed by atoms with Crippen LogP contribution < -0.4 is 0 Å². The molecule has 0 aliphatic rings. The SMILES string of the molecule is C[N-]c1ccc2sc3ccccc3c2c1[S-].[Y].c1ccc2c(c1)ccc1[nH]c3ccc(-n4c5ccccc5c5ccccc54)cc3c12. The summed E-state index contributed by atoms with van der Waals surface area (Å²) in [6.07, 6.45) is 0. The van der Waals surface area contributed by atoms with Crippen molar-refractivity contribution in [3.8, 4) is 5.69 Å². The zero-order chi connectivity index (χ0) is 30.8. The van der Waals surface area contributed by atoms with Crippen LogP contribution in [0.1, 0.15) is 0 Å². The molecular weight excluding hydrogens is 688 g/mol. The summed E-state index contributed by atoms with van der Waals surface area (Å²) in [6.45, 7) is 0. The minimum absolute atomic E-state index is 0. The number of benzene rings is 7. The van der Waals surface area contributed by atoms with Gasteiger partial charge in [-0.2, -0.15) is 10.6 Å². The van der Waals surface area contributed by atoms with E-state index < -0.39 is 0 Å². The molecular formula is C41H27N3S2Y-2. The summed E-state index contributed by atoms with van der Waals surface area (Å²) >= 11 is 7.27. The molecule has 0 fully saturated rings. The second-order valence-corrected chi connectivity index (χ2v) is 13.0. The standard InChI is InChI=1S/C28H18N2.C13H10NS2.Y/c1-2-8-20-18(7-1)13-15-25-28(20)23-17-19(14-16-24(23)29-25)30-26-11-5-3-9-21(26)22-10-4-6-12-27(22)30;1-14-9-6-7-11-12(13(9)15)8-4-2-3-5-10(8)16-11;/h1-17,29H;2-7,15H,1H3;/q;-1;/p-1. The van der Waals surface area contributed by atoms with E-state index in [-0.39, 0.29) is 32.7 Å². The van der Waals surface area contributed by atoms with Gasteiger partial charge in [0.05, 0.1) is 11.0 Å². The number of nitrogens with one attached hydrogen (secondary N) is 1. The van der Waals surface area contributed by atoms with Gasteiger partial charge >= 0.3 is 0 Å². The van der Waals surface area contributed by atoms with E-state index in [9.17, 15) is 0 Å². The number of hydrogen-bond acceptors (Lipinski definition) is 2. The van der Waals surface area contributed by atoms with Gasteiger partial charge in [0.25, 0.3) is 0 Å². The number of rotatable bonds is 2. The maximum absolute atomic E-state index is 5.49. The summed E-state index contributed by atoms with van der Waals surface area (Å²) in [5.74, 6) is 0. The third-order valence-electron chi connectivity index (χ3n) is 9.03. The van der Waals surface area contributed by atoms with Gasteiger partial charge in [-0.25, -0.2) is 0 Å². The maximum atomic E-state index is 5.49. The number of aromatic amines is 1. The fraction of sp³-hybridized carbons (Fsp3) is 0.0244. The predicted octanol–water partition coefficient (Wildman–Crippen LogP) is 12.2. The molecule has 1 N–H and O–H groups in total. The Morgan fingerprint density at radius 3 is 1.96 bits per heavy atom. The van der Waals surface area contributed by atoms with Crippen LogP contribution in [0.3, 0.4) is 0 Å². The molecule has 3 aromatic heterocycles. The number of hydrogen-bond donors (Lipinski definition) is 1. The monoisotopic (exact) mass is 714 g/mol. The fourth-order valence-corrected chi connectivity index (χ4v) is 8.51. The van der Waals surface area contributed by atoms with Crippen LogP contribution in [0, 0.1) is 0 Å². The molecule has 7 aromatic carbocycles. The zero-order valence-electron chi connectivity index (χ0n) is 25.6. The molecule has 3 nitrogen and oxygen atoms in total. The number of para-hydroxylation sites is 2. The van der Waals surface area contributed by atoms with Gasteiger partial charge in [-0.3, -0.25) is 0 Å². The molecule has 6 heteroatoms. The second kappa shape index (κ2) is 12.1. The summed E-state index contributed by atoms with van der Waals surface area (Å²) in [4.78, 5) is 4.48. The van der Waals surface area contributed by atoms with E-state index in [1.54, 1.807) is 18.4 Å². The molecule has 47 heavy (non-hydrogen) atoms. The Kier molecular flexibility index (Phi) is 7.74. The molecule has 1 radical (unpaired) electrons. The summed E-state index contributed by atoms with van der Waals surface area (Å²) in [5, 5.41) is 14.3. The predicted molar refractivity (Wildman–Crippen MR) is 202 cm³/mol. The Morgan fingerprint density at radius 1 is 0.574 bits per heavy atom. The molecule has 3 heterocycles. The van der Waals surface area contributed by atoms with E-state index in [0.717, 1.165) is 10.6 Å². The third-order valence-corrected chi connectivity index (χ3v) is 10.6. The first-order valence-electron chi connectivity index (χ1n) is 15.3. The van der Waals surface area contributed by atoms with Gasteiger partial charge in [-0.15, -0.1) is 18.4 Å². The Labute approximate surface area is 306 Å². The molecule has 0 aliphatic heterocycles. The van der Waals surface area contributed by atoms with E-state index in [0.29, 0.717) is 0 Å². The van der Waals surface area contributed by atoms with Crippen molar-refractivity contribution in [1.82, 2.24) is 9.55 Å². The first-order valence-corrected chi connectivity index (χ1v) is 16.5. The molecule has 0 unspecified atom stereocenters. The topological polar surface area (TPSA) is 34.8 Å². The van der Waals surface area contributed by atoms with Gasteiger partial charge in [-0.1, -0.05) is 91.0 Å². The van der Waals surface area contributed by atoms with E-state index in [1.165, 1.54) is 80.2 Å². The van der Waals surface area contributed by atoms with Gasteiger partial charge in [0.1, 0.15) is 0 Å². The first kappa shape index (κ1) is 30.1. The van der Waals surface area contributed by atoms with Crippen LogP contribution in [0.25, 0.3) is 85.6 Å². The van der Waals surface area contributed by atoms with Gasteiger partial charge < -0.3 is 27.5 Å². The van der Waals surface area contributed by atoms with Gasteiger partial charge in [0.2, 0.25) is 0 Å². The van der Waals surface area contributed by atoms with Gasteiger partial charge in [0.15, 0.2) is 0 Å². The Balaban J connectivity index is 0.000000162. The van der Waals surface area contributed by atoms with Crippen LogP contribution in [0.4, 0.5) is 5.69 Å². The largest absolute Gasteiger partial charge is 0.780 e. The van der Waals surface area contributed by atoms with Crippen molar-refractivity contribution in [2.75, 3.05) is 7.05 Å². The second-order valence-electron chi connectivity index (χ2n) is 11.5. The van der Waals surface area contributed by atoms with Crippen LogP contribution in [0.2, 0.25) is 0 Å². The number of H-pyrrole nitrogens is 1. The maximum Gasteiger partial charge on any atom is 0.0541 e. The van der Waals surface area contributed by atoms with Crippen molar-refractivity contribution in [3.63, 3.8) is 0 Å². The summed E-state index contributed by atoms with van der Waals surface area (Å²) in [5.41, 5.74) is 6.93. The van der Waals surface area contributed by atoms with Crippen molar-refractivity contribution in [2.24, 2.45) is 0 Å². The van der Waals surface area contributed by atoms with E-state index in [2.05, 4.69) is 148 Å². The zero-order valence-corrected chi connectivity index (χ0v) is 30.0. The van der Waals surface area contributed by atoms with Gasteiger partial charge in [-0.05, 0) is 70.1 Å². The summed E-state index contributed by atoms with van der Waals surface area (Å²) in [7, 11) is 1.78. The van der Waals surface area contributed by atoms with Crippen molar-refractivity contribution in [2.45, 2.75) is 4.90 Å². The smallest absolute Gasteiger partial charge is 0.0541 e. The van der Waals surface area contributed by atoms with Crippen LogP contribution in [0.5, 0.6) is 0 Å². The van der Waals surface area contributed by atoms with Crippen LogP contribution in [0.15, 0.2) is 144 Å². The average molecular weight is 715 g/mol. The summed E-state index contributed by atoms with van der Waals surface area (Å²) in [6, 6.07) is 49.6. The van der Waals surface area contributed by atoms with E-state index in [4.69, 9.17) is 12.6 Å². The molecule has 10 aromatic rings. The van der Waals surface area contributed by atoms with Crippen LogP contribution in [-0.4, -0.2) is 16.6 Å². The number of thiophene rings is 1. The average Bonchev–Trinajstić information content (AvgIpc) is 3.78. The van der Waals surface area contributed by atoms with Crippen molar-refractivity contribution >= 4 is 104 Å². The van der Waals surface area contributed by atoms with Crippen molar-refractivity contribution < 1.29 is 32.7 Å². The van der Waals surface area contributed by atoms with Crippen LogP contribution in [-0.2, 0) is 45.3 Å². The third kappa shape index (κ3) is 4.84. The number of nitrogens with zero attached hydrogens (tertiary/aromatic N) is 2. The Hall–Kier alpha value is -4.26.